The average molecular weight is 517 g/mol. The molecule has 8 heteroatoms. The van der Waals surface area contributed by atoms with Gasteiger partial charge in [-0.25, -0.2) is 0 Å². The second-order valence-electron chi connectivity index (χ2n) is 11.3. The lowest BCUT2D eigenvalue weighted by Gasteiger charge is -2.40. The van der Waals surface area contributed by atoms with E-state index in [1.165, 1.54) is 17.7 Å². The molecule has 0 spiro atoms. The topological polar surface area (TPSA) is 50.4 Å². The lowest BCUT2D eigenvalue weighted by Crippen LogP contribution is -2.45. The van der Waals surface area contributed by atoms with E-state index in [1.807, 2.05) is 12.1 Å². The van der Waals surface area contributed by atoms with E-state index in [2.05, 4.69) is 50.6 Å². The minimum atomic E-state index is -4.41. The number of rotatable bonds is 4. The van der Waals surface area contributed by atoms with Gasteiger partial charge in [0.2, 0.25) is 5.91 Å². The predicted octanol–water partition coefficient (Wildman–Crippen LogP) is 7.42. The van der Waals surface area contributed by atoms with E-state index in [9.17, 15) is 18.0 Å². The summed E-state index contributed by atoms with van der Waals surface area (Å²) in [6.07, 6.45) is 0.397. The number of hydrogen-bond donors (Lipinski definition) is 2. The van der Waals surface area contributed by atoms with Crippen molar-refractivity contribution in [3.05, 3.63) is 64.7 Å². The zero-order valence-electron chi connectivity index (χ0n) is 21.6. The molecular formula is C28H35F3N2O2Si. The number of carbonyl (C=O) groups excluding carboxylic acids is 1. The van der Waals surface area contributed by atoms with Crippen LogP contribution in [0.1, 0.15) is 55.9 Å². The molecule has 0 radical (unpaired) electrons. The molecule has 0 saturated carbocycles. The predicted molar refractivity (Wildman–Crippen MR) is 142 cm³/mol. The third kappa shape index (κ3) is 5.70. The third-order valence-corrected chi connectivity index (χ3v) is 12.2. The van der Waals surface area contributed by atoms with E-state index < -0.39 is 20.1 Å². The summed E-state index contributed by atoms with van der Waals surface area (Å²) in [5.41, 5.74) is 4.16. The lowest BCUT2D eigenvalue weighted by molar-refractivity contribution is -0.137. The Morgan fingerprint density at radius 2 is 1.89 bits per heavy atom. The van der Waals surface area contributed by atoms with Crippen LogP contribution in [0.3, 0.4) is 0 Å². The van der Waals surface area contributed by atoms with Crippen LogP contribution in [0.15, 0.2) is 42.5 Å². The molecule has 2 aromatic rings. The molecule has 36 heavy (non-hydrogen) atoms. The number of aryl methyl sites for hydroxylation is 1. The van der Waals surface area contributed by atoms with Crippen LogP contribution in [-0.2, 0) is 28.2 Å². The zero-order valence-corrected chi connectivity index (χ0v) is 22.6. The Morgan fingerprint density at radius 3 is 2.58 bits per heavy atom. The molecule has 1 aliphatic heterocycles. The molecule has 1 amide bonds. The number of hydrogen-bond acceptors (Lipinski definition) is 3. The van der Waals surface area contributed by atoms with Crippen LogP contribution < -0.4 is 10.6 Å². The third-order valence-electron chi connectivity index (χ3n) is 7.67. The second kappa shape index (κ2) is 9.71. The number of fused-ring (bicyclic) bond motifs is 2. The number of alkyl halides is 3. The molecule has 0 saturated heterocycles. The van der Waals surface area contributed by atoms with Gasteiger partial charge in [-0.15, -0.1) is 0 Å². The van der Waals surface area contributed by atoms with Gasteiger partial charge in [0.1, 0.15) is 0 Å². The molecule has 0 fully saturated rings. The summed E-state index contributed by atoms with van der Waals surface area (Å²) in [5, 5.41) is 6.18. The molecule has 2 aliphatic rings. The van der Waals surface area contributed by atoms with Gasteiger partial charge in [-0.05, 0) is 78.7 Å². The fourth-order valence-electron chi connectivity index (χ4n) is 4.66. The van der Waals surface area contributed by atoms with Crippen molar-refractivity contribution in [1.29, 1.82) is 0 Å². The monoisotopic (exact) mass is 516 g/mol. The van der Waals surface area contributed by atoms with Gasteiger partial charge in [0.15, 0.2) is 8.32 Å². The minimum Gasteiger partial charge on any atom is -0.414 e. The Hall–Kier alpha value is -2.58. The van der Waals surface area contributed by atoms with Crippen molar-refractivity contribution in [2.75, 3.05) is 17.2 Å². The summed E-state index contributed by atoms with van der Waals surface area (Å²) in [5.74, 6) is -0.279. The van der Waals surface area contributed by atoms with Crippen molar-refractivity contribution in [3.63, 3.8) is 0 Å². The lowest BCUT2D eigenvalue weighted by atomic mass is 9.88. The van der Waals surface area contributed by atoms with E-state index >= 15 is 0 Å². The maximum absolute atomic E-state index is 13.1. The van der Waals surface area contributed by atoms with Gasteiger partial charge >= 0.3 is 6.18 Å². The number of nitrogens with one attached hydrogen (secondary N) is 2. The highest BCUT2D eigenvalue weighted by atomic mass is 28.4. The number of halogens is 3. The Labute approximate surface area is 212 Å². The first-order valence-corrected chi connectivity index (χ1v) is 15.4. The molecule has 1 atom stereocenters. The maximum atomic E-state index is 13.1. The molecule has 194 valence electrons. The molecule has 2 aromatic carbocycles. The summed E-state index contributed by atoms with van der Waals surface area (Å²) in [6.45, 7) is 11.7. The van der Waals surface area contributed by atoms with Crippen molar-refractivity contribution < 1.29 is 22.4 Å². The van der Waals surface area contributed by atoms with E-state index in [4.69, 9.17) is 4.43 Å². The van der Waals surface area contributed by atoms with Crippen molar-refractivity contribution in [3.8, 4) is 0 Å². The van der Waals surface area contributed by atoms with Gasteiger partial charge in [0.05, 0.1) is 5.56 Å². The smallest absolute Gasteiger partial charge is 0.414 e. The summed E-state index contributed by atoms with van der Waals surface area (Å²) in [7, 11) is -1.92. The van der Waals surface area contributed by atoms with E-state index in [0.29, 0.717) is 24.2 Å². The van der Waals surface area contributed by atoms with Crippen LogP contribution in [0.4, 0.5) is 24.5 Å². The first kappa shape index (κ1) is 26.5. The van der Waals surface area contributed by atoms with Crippen LogP contribution in [0, 0.1) is 0 Å². The van der Waals surface area contributed by atoms with Gasteiger partial charge in [-0.3, -0.25) is 4.79 Å². The summed E-state index contributed by atoms with van der Waals surface area (Å²) >= 11 is 0. The minimum absolute atomic E-state index is 0.119. The molecule has 4 rings (SSSR count). The molecule has 2 N–H and O–H groups in total. The highest BCUT2D eigenvalue weighted by Gasteiger charge is 2.40. The van der Waals surface area contributed by atoms with Crippen LogP contribution in [0.5, 0.6) is 0 Å². The molecule has 0 aromatic heterocycles. The number of benzene rings is 2. The van der Waals surface area contributed by atoms with Crippen molar-refractivity contribution in [2.24, 2.45) is 0 Å². The second-order valence-corrected chi connectivity index (χ2v) is 16.0. The van der Waals surface area contributed by atoms with E-state index in [-0.39, 0.29) is 17.0 Å². The van der Waals surface area contributed by atoms with Crippen LogP contribution in [0.2, 0.25) is 18.1 Å². The largest absolute Gasteiger partial charge is 0.416 e. The average Bonchev–Trinajstić information content (AvgIpc) is 2.78. The molecule has 1 aliphatic carbocycles. The summed E-state index contributed by atoms with van der Waals surface area (Å²) in [6, 6.07) is 9.58. The highest BCUT2D eigenvalue weighted by Crippen LogP contribution is 2.40. The number of carbonyl (C=O) groups is 1. The van der Waals surface area contributed by atoms with E-state index in [1.54, 1.807) is 0 Å². The quantitative estimate of drug-likeness (QED) is 0.328. The number of anilines is 2. The molecule has 4 nitrogen and oxygen atoms in total. The number of amides is 1. The van der Waals surface area contributed by atoms with Gasteiger partial charge in [-0.2, -0.15) is 13.2 Å². The summed E-state index contributed by atoms with van der Waals surface area (Å²) in [4.78, 5) is 13.0. The van der Waals surface area contributed by atoms with Crippen molar-refractivity contribution in [1.82, 2.24) is 0 Å². The van der Waals surface area contributed by atoms with Gasteiger partial charge in [-0.1, -0.05) is 39.0 Å². The van der Waals surface area contributed by atoms with Crippen molar-refractivity contribution in [2.45, 2.75) is 76.9 Å². The van der Waals surface area contributed by atoms with Crippen LogP contribution in [-0.4, -0.2) is 26.9 Å². The van der Waals surface area contributed by atoms with Gasteiger partial charge in [0, 0.05) is 35.7 Å². The fraction of sp³-hybridized carbons (Fsp3) is 0.464. The first-order valence-electron chi connectivity index (χ1n) is 12.5. The SMILES string of the molecule is CC(C)(C)[Si](C)(C)OC1CCc2cccc(NC(=O)C=C3CCNc4cc(C(F)(F)F)ccc43)c2C1. The first-order chi connectivity index (χ1) is 16.7. The normalized spacial score (nSPS) is 19.3. The maximum Gasteiger partial charge on any atom is 0.416 e. The molecule has 0 bridgehead atoms. The van der Waals surface area contributed by atoms with E-state index in [0.717, 1.165) is 48.2 Å². The fourth-order valence-corrected chi connectivity index (χ4v) is 6.05. The Balaban J connectivity index is 1.53. The van der Waals surface area contributed by atoms with Crippen LogP contribution >= 0.6 is 0 Å². The Bertz CT molecular complexity index is 1180. The molecule has 1 heterocycles. The Kier molecular flexibility index (Phi) is 7.14. The van der Waals surface area contributed by atoms with Gasteiger partial charge < -0.3 is 15.1 Å². The molecular weight excluding hydrogens is 481 g/mol. The van der Waals surface area contributed by atoms with Crippen LogP contribution in [0.25, 0.3) is 5.57 Å². The Morgan fingerprint density at radius 1 is 1.14 bits per heavy atom. The van der Waals surface area contributed by atoms with Gasteiger partial charge in [0.25, 0.3) is 0 Å². The summed E-state index contributed by atoms with van der Waals surface area (Å²) < 4.78 is 46.0. The highest BCUT2D eigenvalue weighted by molar-refractivity contribution is 6.74. The standard InChI is InChI=1S/C28H35F3N2O2Si/c1-27(2,3)36(4,5)35-21-11-9-18-7-6-8-24(23(18)17-21)33-26(34)15-19-13-14-32-25-16-20(28(29,30)31)10-12-22(19)25/h6-8,10,12,15-16,21,32H,9,11,13-14,17H2,1-5H3,(H,33,34). The zero-order chi connectivity index (χ0) is 26.3. The molecule has 1 unspecified atom stereocenters. The van der Waals surface area contributed by atoms with Crippen molar-refractivity contribution >= 4 is 31.2 Å².